The number of aryl methyl sites for hydroxylation is 2. The second-order valence-electron chi connectivity index (χ2n) is 5.96. The molecule has 5 heteroatoms. The van der Waals surface area contributed by atoms with E-state index in [0.717, 1.165) is 39.0 Å². The van der Waals surface area contributed by atoms with Gasteiger partial charge in [-0.2, -0.15) is 0 Å². The molecule has 0 radical (unpaired) electrons. The van der Waals surface area contributed by atoms with E-state index in [-0.39, 0.29) is 0 Å². The summed E-state index contributed by atoms with van der Waals surface area (Å²) in [5, 5.41) is 5.64. The van der Waals surface area contributed by atoms with Crippen LogP contribution in [-0.4, -0.2) is 25.8 Å². The van der Waals surface area contributed by atoms with Crippen LogP contribution < -0.4 is 0 Å². The summed E-state index contributed by atoms with van der Waals surface area (Å²) in [4.78, 5) is 9.57. The maximum atomic E-state index is 4.81. The number of fused-ring (bicyclic) bond motifs is 1. The SMILES string of the molecule is CSc1nc(-c2ccccc2)c2c(C)nc(-c3ccc(C)cc3)nn12. The van der Waals surface area contributed by atoms with E-state index in [2.05, 4.69) is 43.3 Å². The number of rotatable bonds is 3. The monoisotopic (exact) mass is 346 g/mol. The first-order chi connectivity index (χ1) is 12.2. The van der Waals surface area contributed by atoms with Crippen LogP contribution in [0.2, 0.25) is 0 Å². The molecule has 0 aliphatic heterocycles. The Labute approximate surface area is 151 Å². The summed E-state index contributed by atoms with van der Waals surface area (Å²) < 4.78 is 1.92. The fourth-order valence-corrected chi connectivity index (χ4v) is 3.38. The van der Waals surface area contributed by atoms with Crippen LogP contribution in [0, 0.1) is 13.8 Å². The van der Waals surface area contributed by atoms with Crippen LogP contribution in [0.1, 0.15) is 11.3 Å². The largest absolute Gasteiger partial charge is 0.230 e. The third-order valence-corrected chi connectivity index (χ3v) is 4.80. The highest BCUT2D eigenvalue weighted by Crippen LogP contribution is 2.30. The lowest BCUT2D eigenvalue weighted by Gasteiger charge is -2.06. The molecule has 2 aromatic carbocycles. The van der Waals surface area contributed by atoms with Gasteiger partial charge in [0, 0.05) is 11.1 Å². The molecule has 0 aliphatic rings. The minimum absolute atomic E-state index is 0.720. The molecule has 0 aliphatic carbocycles. The maximum Gasteiger partial charge on any atom is 0.189 e. The number of benzene rings is 2. The number of nitrogens with zero attached hydrogens (tertiary/aromatic N) is 4. The summed E-state index contributed by atoms with van der Waals surface area (Å²) in [6.45, 7) is 4.10. The lowest BCUT2D eigenvalue weighted by molar-refractivity contribution is 0.798. The Morgan fingerprint density at radius 1 is 0.840 bits per heavy atom. The average Bonchev–Trinajstić information content (AvgIpc) is 3.02. The van der Waals surface area contributed by atoms with Crippen LogP contribution in [0.3, 0.4) is 0 Å². The average molecular weight is 346 g/mol. The Hall–Kier alpha value is -2.66. The van der Waals surface area contributed by atoms with Crippen molar-refractivity contribution in [1.82, 2.24) is 19.6 Å². The molecule has 0 spiro atoms. The number of hydrogen-bond donors (Lipinski definition) is 0. The molecule has 0 fully saturated rings. The first kappa shape index (κ1) is 15.8. The van der Waals surface area contributed by atoms with Crippen molar-refractivity contribution in [1.29, 1.82) is 0 Å². The summed E-state index contributed by atoms with van der Waals surface area (Å²) in [7, 11) is 0. The predicted octanol–water partition coefficient (Wildman–Crippen LogP) is 4.80. The molecule has 0 saturated heterocycles. The molecule has 4 rings (SSSR count). The van der Waals surface area contributed by atoms with Crippen LogP contribution in [0.4, 0.5) is 0 Å². The van der Waals surface area contributed by atoms with Gasteiger partial charge in [0.1, 0.15) is 11.2 Å². The Morgan fingerprint density at radius 2 is 1.56 bits per heavy atom. The fourth-order valence-electron chi connectivity index (χ4n) is 2.89. The molecule has 0 saturated carbocycles. The second-order valence-corrected chi connectivity index (χ2v) is 6.73. The van der Waals surface area contributed by atoms with Gasteiger partial charge in [0.25, 0.3) is 0 Å². The van der Waals surface area contributed by atoms with Crippen LogP contribution in [0.5, 0.6) is 0 Å². The molecule has 0 atom stereocenters. The van der Waals surface area contributed by atoms with Crippen molar-refractivity contribution in [3.8, 4) is 22.6 Å². The normalized spacial score (nSPS) is 11.2. The maximum absolute atomic E-state index is 4.81. The third kappa shape index (κ3) is 2.81. The van der Waals surface area contributed by atoms with E-state index < -0.39 is 0 Å². The summed E-state index contributed by atoms with van der Waals surface area (Å²) in [6, 6.07) is 18.5. The Bertz CT molecular complexity index is 1040. The van der Waals surface area contributed by atoms with Gasteiger partial charge in [0.05, 0.1) is 5.69 Å². The van der Waals surface area contributed by atoms with E-state index in [9.17, 15) is 0 Å². The molecule has 25 heavy (non-hydrogen) atoms. The van der Waals surface area contributed by atoms with Gasteiger partial charge in [-0.05, 0) is 20.1 Å². The van der Waals surface area contributed by atoms with Crippen LogP contribution >= 0.6 is 11.8 Å². The van der Waals surface area contributed by atoms with Crippen LogP contribution in [0.25, 0.3) is 28.2 Å². The third-order valence-electron chi connectivity index (χ3n) is 4.18. The van der Waals surface area contributed by atoms with Crippen molar-refractivity contribution < 1.29 is 0 Å². The van der Waals surface area contributed by atoms with Crippen LogP contribution in [0.15, 0.2) is 59.8 Å². The highest BCUT2D eigenvalue weighted by molar-refractivity contribution is 7.98. The smallest absolute Gasteiger partial charge is 0.189 e. The van der Waals surface area contributed by atoms with E-state index in [1.54, 1.807) is 11.8 Å². The van der Waals surface area contributed by atoms with Gasteiger partial charge < -0.3 is 0 Å². The lowest BCUT2D eigenvalue weighted by atomic mass is 10.1. The number of hydrogen-bond acceptors (Lipinski definition) is 4. The Kier molecular flexibility index (Phi) is 4.01. The van der Waals surface area contributed by atoms with Crippen LogP contribution in [-0.2, 0) is 0 Å². The minimum Gasteiger partial charge on any atom is -0.230 e. The fraction of sp³-hybridized carbons (Fsp3) is 0.150. The molecule has 0 unspecified atom stereocenters. The molecule has 124 valence electrons. The van der Waals surface area contributed by atoms with Gasteiger partial charge in [0.2, 0.25) is 0 Å². The van der Waals surface area contributed by atoms with Gasteiger partial charge in [-0.1, -0.05) is 71.9 Å². The molecular weight excluding hydrogens is 328 g/mol. The van der Waals surface area contributed by atoms with Crippen molar-refractivity contribution in [2.75, 3.05) is 6.26 Å². The van der Waals surface area contributed by atoms with Gasteiger partial charge in [-0.15, -0.1) is 5.10 Å². The van der Waals surface area contributed by atoms with E-state index in [1.807, 2.05) is 35.9 Å². The van der Waals surface area contributed by atoms with Crippen molar-refractivity contribution >= 4 is 17.3 Å². The first-order valence-corrected chi connectivity index (χ1v) is 9.33. The first-order valence-electron chi connectivity index (χ1n) is 8.11. The zero-order valence-electron chi connectivity index (χ0n) is 14.4. The molecule has 2 heterocycles. The van der Waals surface area contributed by atoms with Crippen molar-refractivity contribution in [3.63, 3.8) is 0 Å². The number of imidazole rings is 1. The zero-order chi connectivity index (χ0) is 17.4. The van der Waals surface area contributed by atoms with Gasteiger partial charge in [-0.3, -0.25) is 0 Å². The van der Waals surface area contributed by atoms with E-state index in [0.29, 0.717) is 0 Å². The number of thioether (sulfide) groups is 1. The van der Waals surface area contributed by atoms with Crippen molar-refractivity contribution in [2.24, 2.45) is 0 Å². The Morgan fingerprint density at radius 3 is 2.24 bits per heavy atom. The van der Waals surface area contributed by atoms with Gasteiger partial charge >= 0.3 is 0 Å². The highest BCUT2D eigenvalue weighted by atomic mass is 32.2. The molecular formula is C20H18N4S. The van der Waals surface area contributed by atoms with Gasteiger partial charge in [0.15, 0.2) is 11.0 Å². The minimum atomic E-state index is 0.720. The quantitative estimate of drug-likeness (QED) is 0.500. The van der Waals surface area contributed by atoms with Crippen molar-refractivity contribution in [2.45, 2.75) is 19.0 Å². The molecule has 4 aromatic rings. The summed E-state index contributed by atoms with van der Waals surface area (Å²) in [5.41, 5.74) is 6.13. The predicted molar refractivity (Wildman–Crippen MR) is 103 cm³/mol. The zero-order valence-corrected chi connectivity index (χ0v) is 15.2. The number of aromatic nitrogens is 4. The molecule has 0 bridgehead atoms. The van der Waals surface area contributed by atoms with E-state index >= 15 is 0 Å². The van der Waals surface area contributed by atoms with E-state index in [1.165, 1.54) is 5.56 Å². The van der Waals surface area contributed by atoms with E-state index in [4.69, 9.17) is 15.1 Å². The lowest BCUT2D eigenvalue weighted by Crippen LogP contribution is -2.02. The summed E-state index contributed by atoms with van der Waals surface area (Å²) in [6.07, 6.45) is 2.02. The van der Waals surface area contributed by atoms with Crippen molar-refractivity contribution in [3.05, 3.63) is 65.9 Å². The molecule has 0 amide bonds. The second kappa shape index (κ2) is 6.33. The summed E-state index contributed by atoms with van der Waals surface area (Å²) >= 11 is 1.59. The topological polar surface area (TPSA) is 43.1 Å². The summed E-state index contributed by atoms with van der Waals surface area (Å²) in [5.74, 6) is 0.720. The Balaban J connectivity index is 1.96. The molecule has 2 aromatic heterocycles. The molecule has 4 nitrogen and oxygen atoms in total. The molecule has 0 N–H and O–H groups in total. The highest BCUT2D eigenvalue weighted by Gasteiger charge is 2.18. The standard InChI is InChI=1S/C20H18N4S/c1-13-9-11-16(12-10-13)19-21-14(2)18-17(15-7-5-4-6-8-15)22-20(25-3)24(18)23-19/h4-12H,1-3H3. The van der Waals surface area contributed by atoms with Gasteiger partial charge in [-0.25, -0.2) is 14.5 Å².